The van der Waals surface area contributed by atoms with Gasteiger partial charge < -0.3 is 9.26 Å². The Morgan fingerprint density at radius 1 is 1.10 bits per heavy atom. The van der Waals surface area contributed by atoms with Crippen molar-refractivity contribution in [3.63, 3.8) is 0 Å². The Labute approximate surface area is 177 Å². The fourth-order valence-corrected chi connectivity index (χ4v) is 4.76. The van der Waals surface area contributed by atoms with Crippen molar-refractivity contribution in [2.24, 2.45) is 0 Å². The van der Waals surface area contributed by atoms with Crippen molar-refractivity contribution in [1.29, 1.82) is 0 Å². The highest BCUT2D eigenvalue weighted by Crippen LogP contribution is 2.35. The first-order valence-electron chi connectivity index (χ1n) is 9.26. The number of carbonyl (C=O) groups excluding carboxylic acids is 1. The standard InChI is InChI=1S/C21H17N3O3S2/c25-20-18(29-21(28)24(20)23-8-10-26-11-9-23)13-14-6-7-17-16(12-14)19(27-22-17)15-4-2-1-3-5-15/h1-7,12-13H,8-11H2. The maximum absolute atomic E-state index is 13.0. The van der Waals surface area contributed by atoms with Gasteiger partial charge in [-0.2, -0.15) is 0 Å². The van der Waals surface area contributed by atoms with Crippen LogP contribution in [0.2, 0.25) is 0 Å². The summed E-state index contributed by atoms with van der Waals surface area (Å²) in [5.41, 5.74) is 2.65. The molecule has 2 aromatic carbocycles. The van der Waals surface area contributed by atoms with Crippen molar-refractivity contribution in [3.05, 3.63) is 59.0 Å². The summed E-state index contributed by atoms with van der Waals surface area (Å²) in [7, 11) is 0. The van der Waals surface area contributed by atoms with Gasteiger partial charge in [0.2, 0.25) is 0 Å². The molecule has 1 amide bonds. The summed E-state index contributed by atoms with van der Waals surface area (Å²) in [6.45, 7) is 2.52. The zero-order valence-electron chi connectivity index (χ0n) is 15.4. The normalized spacial score (nSPS) is 19.6. The molecule has 8 heteroatoms. The molecule has 0 saturated carbocycles. The molecule has 0 spiro atoms. The van der Waals surface area contributed by atoms with Crippen molar-refractivity contribution in [1.82, 2.24) is 15.2 Å². The monoisotopic (exact) mass is 423 g/mol. The van der Waals surface area contributed by atoms with Gasteiger partial charge in [-0.05, 0) is 23.8 Å². The predicted molar refractivity (Wildman–Crippen MR) is 117 cm³/mol. The molecule has 6 nitrogen and oxygen atoms in total. The molecule has 3 heterocycles. The number of hydrazine groups is 1. The van der Waals surface area contributed by atoms with Crippen LogP contribution < -0.4 is 0 Å². The number of thiocarbonyl (C=S) groups is 1. The predicted octanol–water partition coefficient (Wildman–Crippen LogP) is 3.94. The van der Waals surface area contributed by atoms with E-state index in [1.807, 2.05) is 59.6 Å². The molecule has 0 atom stereocenters. The molecule has 3 aromatic rings. The van der Waals surface area contributed by atoms with Crippen molar-refractivity contribution < 1.29 is 14.1 Å². The van der Waals surface area contributed by atoms with Gasteiger partial charge in [-0.3, -0.25) is 4.79 Å². The Morgan fingerprint density at radius 3 is 2.69 bits per heavy atom. The van der Waals surface area contributed by atoms with Gasteiger partial charge in [0.1, 0.15) is 5.52 Å². The lowest BCUT2D eigenvalue weighted by atomic mass is 10.1. The molecule has 1 aromatic heterocycles. The van der Waals surface area contributed by atoms with Crippen molar-refractivity contribution in [2.75, 3.05) is 26.3 Å². The van der Waals surface area contributed by atoms with Crippen LogP contribution >= 0.6 is 24.0 Å². The third kappa shape index (κ3) is 3.49. The van der Waals surface area contributed by atoms with Gasteiger partial charge in [0, 0.05) is 18.7 Å². The van der Waals surface area contributed by atoms with Crippen LogP contribution in [0.4, 0.5) is 0 Å². The van der Waals surface area contributed by atoms with Crippen molar-refractivity contribution in [2.45, 2.75) is 0 Å². The lowest BCUT2D eigenvalue weighted by Crippen LogP contribution is -2.50. The number of hydrogen-bond acceptors (Lipinski definition) is 7. The highest BCUT2D eigenvalue weighted by atomic mass is 32.2. The molecule has 0 radical (unpaired) electrons. The Balaban J connectivity index is 1.47. The molecule has 0 N–H and O–H groups in total. The molecule has 2 aliphatic rings. The molecule has 0 bridgehead atoms. The van der Waals surface area contributed by atoms with Crippen LogP contribution in [-0.4, -0.2) is 51.7 Å². The fourth-order valence-electron chi connectivity index (χ4n) is 3.46. The first-order chi connectivity index (χ1) is 14.2. The number of benzene rings is 2. The molecule has 2 fully saturated rings. The van der Waals surface area contributed by atoms with Crippen molar-refractivity contribution >= 4 is 51.2 Å². The summed E-state index contributed by atoms with van der Waals surface area (Å²) in [4.78, 5) is 13.6. The summed E-state index contributed by atoms with van der Waals surface area (Å²) in [5.74, 6) is 0.632. The number of fused-ring (bicyclic) bond motifs is 1. The molecule has 5 rings (SSSR count). The van der Waals surface area contributed by atoms with E-state index in [-0.39, 0.29) is 5.91 Å². The minimum Gasteiger partial charge on any atom is -0.379 e. The fraction of sp³-hybridized carbons (Fsp3) is 0.190. The van der Waals surface area contributed by atoms with E-state index in [1.54, 1.807) is 5.01 Å². The maximum Gasteiger partial charge on any atom is 0.280 e. The molecule has 2 aliphatic heterocycles. The SMILES string of the molecule is O=C1C(=Cc2ccc3noc(-c4ccccc4)c3c2)SC(=S)N1N1CCOCC1. The van der Waals surface area contributed by atoms with Crippen LogP contribution in [0.1, 0.15) is 5.56 Å². The molecule has 0 aliphatic carbocycles. The zero-order chi connectivity index (χ0) is 19.8. The number of hydrogen-bond donors (Lipinski definition) is 0. The summed E-state index contributed by atoms with van der Waals surface area (Å²) in [5, 5.41) is 8.62. The molecule has 146 valence electrons. The number of carbonyl (C=O) groups is 1. The Bertz CT molecular complexity index is 1120. The minimum atomic E-state index is -0.0874. The minimum absolute atomic E-state index is 0.0874. The number of thioether (sulfide) groups is 1. The first kappa shape index (κ1) is 18.5. The molecule has 0 unspecified atom stereocenters. The van der Waals surface area contributed by atoms with Crippen LogP contribution in [0.15, 0.2) is 58.0 Å². The average Bonchev–Trinajstić information content (AvgIpc) is 3.29. The van der Waals surface area contributed by atoms with Gasteiger partial charge >= 0.3 is 0 Å². The topological polar surface area (TPSA) is 58.8 Å². The number of ether oxygens (including phenoxy) is 1. The van der Waals surface area contributed by atoms with Gasteiger partial charge in [0.25, 0.3) is 5.91 Å². The van der Waals surface area contributed by atoms with E-state index in [9.17, 15) is 4.79 Å². The van der Waals surface area contributed by atoms with E-state index in [2.05, 4.69) is 5.16 Å². The average molecular weight is 424 g/mol. The Morgan fingerprint density at radius 2 is 1.90 bits per heavy atom. The second-order valence-corrected chi connectivity index (χ2v) is 8.39. The summed E-state index contributed by atoms with van der Waals surface area (Å²) in [6.07, 6.45) is 1.88. The highest BCUT2D eigenvalue weighted by molar-refractivity contribution is 8.26. The van der Waals surface area contributed by atoms with Gasteiger partial charge in [0.15, 0.2) is 10.1 Å². The second-order valence-electron chi connectivity index (χ2n) is 6.71. The summed E-state index contributed by atoms with van der Waals surface area (Å²) < 4.78 is 11.5. The Kier molecular flexibility index (Phi) is 4.92. The van der Waals surface area contributed by atoms with Crippen LogP contribution in [0, 0.1) is 0 Å². The molecule has 29 heavy (non-hydrogen) atoms. The lowest BCUT2D eigenvalue weighted by molar-refractivity contribution is -0.138. The second kappa shape index (κ2) is 7.72. The number of amides is 1. The number of rotatable bonds is 3. The van der Waals surface area contributed by atoms with Crippen LogP contribution in [0.5, 0.6) is 0 Å². The summed E-state index contributed by atoms with van der Waals surface area (Å²) >= 11 is 6.78. The lowest BCUT2D eigenvalue weighted by Gasteiger charge is -2.33. The van der Waals surface area contributed by atoms with Gasteiger partial charge in [-0.15, -0.1) is 0 Å². The van der Waals surface area contributed by atoms with Crippen LogP contribution in [-0.2, 0) is 9.53 Å². The first-order valence-corrected chi connectivity index (χ1v) is 10.5. The number of aromatic nitrogens is 1. The van der Waals surface area contributed by atoms with E-state index < -0.39 is 0 Å². The van der Waals surface area contributed by atoms with E-state index in [1.165, 1.54) is 11.8 Å². The van der Waals surface area contributed by atoms with Crippen LogP contribution in [0.3, 0.4) is 0 Å². The maximum atomic E-state index is 13.0. The smallest absolute Gasteiger partial charge is 0.280 e. The largest absolute Gasteiger partial charge is 0.379 e. The number of morpholine rings is 1. The van der Waals surface area contributed by atoms with Crippen molar-refractivity contribution in [3.8, 4) is 11.3 Å². The van der Waals surface area contributed by atoms with Gasteiger partial charge in [0.05, 0.1) is 23.5 Å². The molecule has 2 saturated heterocycles. The third-order valence-corrected chi connectivity index (χ3v) is 6.16. The summed E-state index contributed by atoms with van der Waals surface area (Å²) in [6, 6.07) is 15.7. The number of nitrogens with zero attached hydrogens (tertiary/aromatic N) is 3. The Hall–Kier alpha value is -2.52. The van der Waals surface area contributed by atoms with E-state index in [0.717, 1.165) is 27.8 Å². The quantitative estimate of drug-likeness (QED) is 0.467. The van der Waals surface area contributed by atoms with E-state index in [0.29, 0.717) is 35.5 Å². The van der Waals surface area contributed by atoms with E-state index in [4.69, 9.17) is 21.5 Å². The zero-order valence-corrected chi connectivity index (χ0v) is 17.0. The van der Waals surface area contributed by atoms with Gasteiger partial charge in [-0.1, -0.05) is 65.5 Å². The molecular weight excluding hydrogens is 406 g/mol. The molecular formula is C21H17N3O3S2. The van der Waals surface area contributed by atoms with Crippen LogP contribution in [0.25, 0.3) is 28.3 Å². The highest BCUT2D eigenvalue weighted by Gasteiger charge is 2.36. The third-order valence-electron chi connectivity index (χ3n) is 4.88. The van der Waals surface area contributed by atoms with Gasteiger partial charge in [-0.25, -0.2) is 10.0 Å². The van der Waals surface area contributed by atoms with E-state index >= 15 is 0 Å².